The average molecular weight is 297 g/mol. The molecule has 0 aliphatic carbocycles. The van der Waals surface area contributed by atoms with Crippen molar-refractivity contribution in [2.45, 2.75) is 13.5 Å². The van der Waals surface area contributed by atoms with E-state index in [1.165, 1.54) is 5.56 Å². The summed E-state index contributed by atoms with van der Waals surface area (Å²) in [5.41, 5.74) is 1.38. The van der Waals surface area contributed by atoms with Gasteiger partial charge in [0.15, 0.2) is 0 Å². The van der Waals surface area contributed by atoms with Crippen molar-refractivity contribution >= 4 is 5.82 Å². The van der Waals surface area contributed by atoms with E-state index in [2.05, 4.69) is 51.2 Å². The monoisotopic (exact) mass is 297 g/mol. The predicted octanol–water partition coefficient (Wildman–Crippen LogP) is 2.80. The lowest BCUT2D eigenvalue weighted by molar-refractivity contribution is 0.249. The number of aromatic nitrogens is 1. The zero-order valence-electron chi connectivity index (χ0n) is 13.1. The van der Waals surface area contributed by atoms with Crippen LogP contribution in [0.25, 0.3) is 0 Å². The van der Waals surface area contributed by atoms with Gasteiger partial charge < -0.3 is 9.64 Å². The molecule has 22 heavy (non-hydrogen) atoms. The van der Waals surface area contributed by atoms with E-state index in [4.69, 9.17) is 4.74 Å². The number of hydrogen-bond acceptors (Lipinski definition) is 4. The van der Waals surface area contributed by atoms with E-state index in [0.29, 0.717) is 6.61 Å². The number of nitrogens with zero attached hydrogens (tertiary/aromatic N) is 3. The number of rotatable bonds is 5. The predicted molar refractivity (Wildman–Crippen MR) is 89.3 cm³/mol. The van der Waals surface area contributed by atoms with Crippen molar-refractivity contribution in [3.05, 3.63) is 54.2 Å². The van der Waals surface area contributed by atoms with Crippen LogP contribution in [-0.2, 0) is 6.54 Å². The molecule has 1 saturated heterocycles. The van der Waals surface area contributed by atoms with Crippen LogP contribution in [0.3, 0.4) is 0 Å². The van der Waals surface area contributed by atoms with Crippen molar-refractivity contribution in [3.8, 4) is 5.75 Å². The molecule has 4 heteroatoms. The zero-order valence-corrected chi connectivity index (χ0v) is 13.1. The molecule has 1 aliphatic heterocycles. The highest BCUT2D eigenvalue weighted by Crippen LogP contribution is 2.18. The maximum Gasteiger partial charge on any atom is 0.137 e. The van der Waals surface area contributed by atoms with Gasteiger partial charge in [0.1, 0.15) is 11.6 Å². The van der Waals surface area contributed by atoms with Crippen molar-refractivity contribution in [3.63, 3.8) is 0 Å². The van der Waals surface area contributed by atoms with Gasteiger partial charge in [0.2, 0.25) is 0 Å². The first-order valence-corrected chi connectivity index (χ1v) is 7.95. The average Bonchev–Trinajstić information content (AvgIpc) is 2.58. The standard InChI is InChI=1S/C18H23N3O/c1-2-22-17-8-9-18(19-14-17)21-12-10-20(11-13-21)15-16-6-4-3-5-7-16/h3-9,14H,2,10-13,15H2,1H3. The summed E-state index contributed by atoms with van der Waals surface area (Å²) in [6, 6.07) is 14.7. The van der Waals surface area contributed by atoms with Gasteiger partial charge in [0, 0.05) is 32.7 Å². The Balaban J connectivity index is 1.53. The molecular weight excluding hydrogens is 274 g/mol. The number of pyridine rings is 1. The molecule has 4 nitrogen and oxygen atoms in total. The van der Waals surface area contributed by atoms with E-state index in [1.807, 2.05) is 19.2 Å². The molecule has 1 fully saturated rings. The first-order chi connectivity index (χ1) is 10.8. The smallest absolute Gasteiger partial charge is 0.137 e. The lowest BCUT2D eigenvalue weighted by atomic mass is 10.2. The van der Waals surface area contributed by atoms with Crippen molar-refractivity contribution in [2.24, 2.45) is 0 Å². The van der Waals surface area contributed by atoms with Crippen LogP contribution in [0.1, 0.15) is 12.5 Å². The third-order valence-corrected chi connectivity index (χ3v) is 3.98. The lowest BCUT2D eigenvalue weighted by Gasteiger charge is -2.35. The summed E-state index contributed by atoms with van der Waals surface area (Å²) in [6.45, 7) is 7.89. The van der Waals surface area contributed by atoms with Gasteiger partial charge in [-0.05, 0) is 24.6 Å². The van der Waals surface area contributed by atoms with Gasteiger partial charge in [-0.25, -0.2) is 4.98 Å². The van der Waals surface area contributed by atoms with Gasteiger partial charge in [-0.2, -0.15) is 0 Å². The molecule has 1 aliphatic rings. The van der Waals surface area contributed by atoms with E-state index >= 15 is 0 Å². The minimum absolute atomic E-state index is 0.680. The minimum atomic E-state index is 0.680. The third kappa shape index (κ3) is 3.77. The molecule has 1 aromatic carbocycles. The van der Waals surface area contributed by atoms with Crippen LogP contribution >= 0.6 is 0 Å². The first kappa shape index (κ1) is 14.9. The van der Waals surface area contributed by atoms with Gasteiger partial charge in [0.05, 0.1) is 12.8 Å². The fourth-order valence-electron chi connectivity index (χ4n) is 2.79. The Morgan fingerprint density at radius 1 is 1.00 bits per heavy atom. The van der Waals surface area contributed by atoms with E-state index in [0.717, 1.165) is 44.3 Å². The SMILES string of the molecule is CCOc1ccc(N2CCN(Cc3ccccc3)CC2)nc1. The molecular formula is C18H23N3O. The van der Waals surface area contributed by atoms with Gasteiger partial charge in [-0.1, -0.05) is 30.3 Å². The van der Waals surface area contributed by atoms with Crippen LogP contribution in [0.15, 0.2) is 48.7 Å². The molecule has 0 unspecified atom stereocenters. The summed E-state index contributed by atoms with van der Waals surface area (Å²) in [4.78, 5) is 9.36. The minimum Gasteiger partial charge on any atom is -0.492 e. The Morgan fingerprint density at radius 3 is 2.41 bits per heavy atom. The number of anilines is 1. The van der Waals surface area contributed by atoms with Crippen LogP contribution in [-0.4, -0.2) is 42.7 Å². The van der Waals surface area contributed by atoms with E-state index in [1.54, 1.807) is 0 Å². The highest BCUT2D eigenvalue weighted by molar-refractivity contribution is 5.41. The molecule has 2 aromatic rings. The summed E-state index contributed by atoms with van der Waals surface area (Å²) in [5.74, 6) is 1.89. The van der Waals surface area contributed by atoms with E-state index in [-0.39, 0.29) is 0 Å². The molecule has 116 valence electrons. The maximum absolute atomic E-state index is 5.44. The molecule has 0 bridgehead atoms. The molecule has 0 N–H and O–H groups in total. The van der Waals surface area contributed by atoms with Crippen molar-refractivity contribution in [2.75, 3.05) is 37.7 Å². The van der Waals surface area contributed by atoms with Gasteiger partial charge >= 0.3 is 0 Å². The second-order valence-electron chi connectivity index (χ2n) is 5.53. The quantitative estimate of drug-likeness (QED) is 0.848. The summed E-state index contributed by atoms with van der Waals surface area (Å²) < 4.78 is 5.44. The van der Waals surface area contributed by atoms with Crippen LogP contribution in [0, 0.1) is 0 Å². The summed E-state index contributed by atoms with van der Waals surface area (Å²) in [5, 5.41) is 0. The number of hydrogen-bond donors (Lipinski definition) is 0. The molecule has 0 saturated carbocycles. The largest absolute Gasteiger partial charge is 0.492 e. The maximum atomic E-state index is 5.44. The van der Waals surface area contributed by atoms with Crippen molar-refractivity contribution in [1.29, 1.82) is 0 Å². The fourth-order valence-corrected chi connectivity index (χ4v) is 2.79. The normalized spacial score (nSPS) is 15.8. The molecule has 2 heterocycles. The van der Waals surface area contributed by atoms with Crippen LogP contribution in [0.2, 0.25) is 0 Å². The van der Waals surface area contributed by atoms with Crippen LogP contribution < -0.4 is 9.64 Å². The lowest BCUT2D eigenvalue weighted by Crippen LogP contribution is -2.46. The summed E-state index contributed by atoms with van der Waals surface area (Å²) in [7, 11) is 0. The van der Waals surface area contributed by atoms with E-state index in [9.17, 15) is 0 Å². The van der Waals surface area contributed by atoms with Gasteiger partial charge in [-0.15, -0.1) is 0 Å². The summed E-state index contributed by atoms with van der Waals surface area (Å²) >= 11 is 0. The third-order valence-electron chi connectivity index (χ3n) is 3.98. The zero-order chi connectivity index (χ0) is 15.2. The molecule has 0 atom stereocenters. The molecule has 1 aromatic heterocycles. The van der Waals surface area contributed by atoms with Crippen LogP contribution in [0.5, 0.6) is 5.75 Å². The second kappa shape index (κ2) is 7.27. The van der Waals surface area contributed by atoms with Crippen LogP contribution in [0.4, 0.5) is 5.82 Å². The van der Waals surface area contributed by atoms with Gasteiger partial charge in [0.25, 0.3) is 0 Å². The highest BCUT2D eigenvalue weighted by atomic mass is 16.5. The molecule has 0 spiro atoms. The molecule has 3 rings (SSSR count). The van der Waals surface area contributed by atoms with Gasteiger partial charge in [-0.3, -0.25) is 4.90 Å². The number of ether oxygens (including phenoxy) is 1. The second-order valence-corrected chi connectivity index (χ2v) is 5.53. The highest BCUT2D eigenvalue weighted by Gasteiger charge is 2.18. The Hall–Kier alpha value is -2.07. The first-order valence-electron chi connectivity index (χ1n) is 7.95. The Morgan fingerprint density at radius 2 is 1.77 bits per heavy atom. The Bertz CT molecular complexity index is 563. The van der Waals surface area contributed by atoms with Crippen molar-refractivity contribution in [1.82, 2.24) is 9.88 Å². The number of benzene rings is 1. The number of piperazine rings is 1. The molecule has 0 amide bonds. The molecule has 0 radical (unpaired) electrons. The van der Waals surface area contributed by atoms with Crippen molar-refractivity contribution < 1.29 is 4.74 Å². The fraction of sp³-hybridized carbons (Fsp3) is 0.389. The van der Waals surface area contributed by atoms with E-state index < -0.39 is 0 Å². The Labute approximate surface area is 132 Å². The topological polar surface area (TPSA) is 28.6 Å². The Kier molecular flexibility index (Phi) is 4.91. The summed E-state index contributed by atoms with van der Waals surface area (Å²) in [6.07, 6.45) is 1.81.